The molecule has 3 nitrogen and oxygen atoms in total. The number of hydrogen-bond donors (Lipinski definition) is 2. The fourth-order valence-electron chi connectivity index (χ4n) is 1.98. The van der Waals surface area contributed by atoms with E-state index in [0.29, 0.717) is 12.0 Å². The molecule has 0 saturated heterocycles. The highest BCUT2D eigenvalue weighted by Crippen LogP contribution is 2.38. The Bertz CT molecular complexity index is 540. The molecule has 0 radical (unpaired) electrons. The second-order valence-corrected chi connectivity index (χ2v) is 5.05. The molecule has 3 rings (SSSR count). The maximum Gasteiger partial charge on any atom is 0.130 e. The summed E-state index contributed by atoms with van der Waals surface area (Å²) in [5.74, 6) is 1.33. The van der Waals surface area contributed by atoms with Gasteiger partial charge in [0.25, 0.3) is 0 Å². The van der Waals surface area contributed by atoms with Crippen molar-refractivity contribution in [1.82, 2.24) is 4.98 Å². The van der Waals surface area contributed by atoms with Crippen molar-refractivity contribution in [3.63, 3.8) is 0 Å². The van der Waals surface area contributed by atoms with Crippen LogP contribution in [0.4, 0.5) is 11.5 Å². The zero-order valence-corrected chi connectivity index (χ0v) is 11.8. The molecule has 0 aliphatic heterocycles. The van der Waals surface area contributed by atoms with Crippen molar-refractivity contribution in [2.24, 2.45) is 5.73 Å². The van der Waals surface area contributed by atoms with E-state index in [-0.39, 0.29) is 12.4 Å². The predicted molar refractivity (Wildman–Crippen MR) is 81.6 cm³/mol. The third-order valence-electron chi connectivity index (χ3n) is 3.17. The molecule has 19 heavy (non-hydrogen) atoms. The molecular formula is C14H15Cl2N3. The van der Waals surface area contributed by atoms with Crippen LogP contribution in [-0.2, 0) is 0 Å². The van der Waals surface area contributed by atoms with E-state index in [4.69, 9.17) is 17.3 Å². The molecule has 0 bridgehead atoms. The second-order valence-electron chi connectivity index (χ2n) is 4.61. The molecule has 1 saturated carbocycles. The van der Waals surface area contributed by atoms with Crippen LogP contribution < -0.4 is 11.1 Å². The summed E-state index contributed by atoms with van der Waals surface area (Å²) >= 11 is 5.84. The van der Waals surface area contributed by atoms with Gasteiger partial charge in [0.15, 0.2) is 0 Å². The summed E-state index contributed by atoms with van der Waals surface area (Å²) < 4.78 is 0. The maximum absolute atomic E-state index is 5.84. The first kappa shape index (κ1) is 14.1. The number of aromatic nitrogens is 1. The van der Waals surface area contributed by atoms with E-state index < -0.39 is 0 Å². The van der Waals surface area contributed by atoms with Crippen molar-refractivity contribution in [2.45, 2.75) is 18.4 Å². The highest BCUT2D eigenvalue weighted by atomic mass is 35.5. The molecule has 1 aromatic heterocycles. The molecule has 1 aromatic carbocycles. The minimum atomic E-state index is 0. The van der Waals surface area contributed by atoms with Gasteiger partial charge in [-0.2, -0.15) is 0 Å². The van der Waals surface area contributed by atoms with E-state index >= 15 is 0 Å². The minimum absolute atomic E-state index is 0. The van der Waals surface area contributed by atoms with E-state index in [9.17, 15) is 0 Å². The Kier molecular flexibility index (Phi) is 4.30. The van der Waals surface area contributed by atoms with Crippen LogP contribution in [-0.4, -0.2) is 11.0 Å². The number of nitrogens with one attached hydrogen (secondary N) is 1. The molecule has 100 valence electrons. The largest absolute Gasteiger partial charge is 0.340 e. The third-order valence-corrected chi connectivity index (χ3v) is 3.42. The van der Waals surface area contributed by atoms with Gasteiger partial charge in [0, 0.05) is 28.9 Å². The first-order chi connectivity index (χ1) is 8.72. The number of halogens is 2. The normalized spacial score (nSPS) is 20.5. The van der Waals surface area contributed by atoms with Crippen molar-refractivity contribution in [3.05, 3.63) is 53.2 Å². The Balaban J connectivity index is 0.00000133. The van der Waals surface area contributed by atoms with Gasteiger partial charge in [-0.3, -0.25) is 0 Å². The monoisotopic (exact) mass is 295 g/mol. The lowest BCUT2D eigenvalue weighted by atomic mass is 10.2. The molecule has 3 N–H and O–H groups in total. The van der Waals surface area contributed by atoms with Gasteiger partial charge in [-0.15, -0.1) is 12.4 Å². The molecule has 0 spiro atoms. The van der Waals surface area contributed by atoms with Crippen molar-refractivity contribution in [3.8, 4) is 0 Å². The number of pyridine rings is 1. The topological polar surface area (TPSA) is 50.9 Å². The van der Waals surface area contributed by atoms with Crippen molar-refractivity contribution < 1.29 is 0 Å². The van der Waals surface area contributed by atoms with Gasteiger partial charge in [-0.25, -0.2) is 4.98 Å². The highest BCUT2D eigenvalue weighted by molar-refractivity contribution is 6.30. The lowest BCUT2D eigenvalue weighted by Crippen LogP contribution is -2.01. The molecule has 5 heteroatoms. The van der Waals surface area contributed by atoms with Crippen LogP contribution in [0.2, 0.25) is 5.02 Å². The quantitative estimate of drug-likeness (QED) is 0.907. The van der Waals surface area contributed by atoms with E-state index in [1.807, 2.05) is 36.5 Å². The van der Waals surface area contributed by atoms with Gasteiger partial charge in [-0.05, 0) is 42.3 Å². The summed E-state index contributed by atoms with van der Waals surface area (Å²) in [5, 5.41) is 3.96. The van der Waals surface area contributed by atoms with Crippen LogP contribution in [0.25, 0.3) is 0 Å². The average molecular weight is 296 g/mol. The zero-order chi connectivity index (χ0) is 12.5. The predicted octanol–water partition coefficient (Wildman–Crippen LogP) is 3.72. The van der Waals surface area contributed by atoms with E-state index in [2.05, 4.69) is 16.4 Å². The Morgan fingerprint density at radius 1 is 1.16 bits per heavy atom. The summed E-state index contributed by atoms with van der Waals surface area (Å²) in [6.07, 6.45) is 2.97. The van der Waals surface area contributed by atoms with Gasteiger partial charge < -0.3 is 11.1 Å². The standard InChI is InChI=1S/C14H14ClN3.ClH/c15-10-2-4-11(5-3-10)18-14-6-1-9(8-17-14)12-7-13(12)16;/h1-6,8,12-13H,7,16H2,(H,17,18);1H/t12-,13+;/m0./s1. The smallest absolute Gasteiger partial charge is 0.130 e. The molecule has 1 aliphatic carbocycles. The molecule has 2 atom stereocenters. The SMILES string of the molecule is Cl.N[C@@H]1C[C@H]1c1ccc(Nc2ccc(Cl)cc2)nc1. The summed E-state index contributed by atoms with van der Waals surface area (Å²) in [7, 11) is 0. The number of nitrogens with two attached hydrogens (primary N) is 1. The lowest BCUT2D eigenvalue weighted by Gasteiger charge is -2.06. The zero-order valence-electron chi connectivity index (χ0n) is 10.2. The van der Waals surface area contributed by atoms with Gasteiger partial charge >= 0.3 is 0 Å². The average Bonchev–Trinajstić information content (AvgIpc) is 3.10. The number of rotatable bonds is 3. The summed E-state index contributed by atoms with van der Waals surface area (Å²) in [6, 6.07) is 11.9. The number of anilines is 2. The summed E-state index contributed by atoms with van der Waals surface area (Å²) in [6.45, 7) is 0. The third kappa shape index (κ3) is 3.38. The Labute approximate surface area is 123 Å². The fraction of sp³-hybridized carbons (Fsp3) is 0.214. The lowest BCUT2D eigenvalue weighted by molar-refractivity contribution is 0.981. The number of benzene rings is 1. The molecule has 1 heterocycles. The van der Waals surface area contributed by atoms with Crippen LogP contribution in [0.15, 0.2) is 42.6 Å². The summed E-state index contributed by atoms with van der Waals surface area (Å²) in [5.41, 5.74) is 8.02. The van der Waals surface area contributed by atoms with Crippen LogP contribution in [0.5, 0.6) is 0 Å². The number of hydrogen-bond acceptors (Lipinski definition) is 3. The van der Waals surface area contributed by atoms with Crippen LogP contribution in [0.3, 0.4) is 0 Å². The first-order valence-corrected chi connectivity index (χ1v) is 6.34. The molecule has 1 aliphatic rings. The fourth-order valence-corrected chi connectivity index (χ4v) is 2.10. The second kappa shape index (κ2) is 5.78. The molecule has 0 amide bonds. The van der Waals surface area contributed by atoms with E-state index in [0.717, 1.165) is 22.9 Å². The van der Waals surface area contributed by atoms with Crippen LogP contribution >= 0.6 is 24.0 Å². The maximum atomic E-state index is 5.84. The Hall–Kier alpha value is -1.29. The molecule has 2 aromatic rings. The van der Waals surface area contributed by atoms with Crippen molar-refractivity contribution >= 4 is 35.5 Å². The van der Waals surface area contributed by atoms with E-state index in [1.165, 1.54) is 5.56 Å². The van der Waals surface area contributed by atoms with Gasteiger partial charge in [0.1, 0.15) is 5.82 Å². The minimum Gasteiger partial charge on any atom is -0.340 e. The Morgan fingerprint density at radius 3 is 2.37 bits per heavy atom. The molecule has 1 fully saturated rings. The van der Waals surface area contributed by atoms with Crippen LogP contribution in [0, 0.1) is 0 Å². The van der Waals surface area contributed by atoms with Crippen molar-refractivity contribution in [1.29, 1.82) is 0 Å². The van der Waals surface area contributed by atoms with Gasteiger partial charge in [0.05, 0.1) is 0 Å². The van der Waals surface area contributed by atoms with E-state index in [1.54, 1.807) is 0 Å². The van der Waals surface area contributed by atoms with Gasteiger partial charge in [0.2, 0.25) is 0 Å². The highest BCUT2D eigenvalue weighted by Gasteiger charge is 2.34. The van der Waals surface area contributed by atoms with Gasteiger partial charge in [-0.1, -0.05) is 17.7 Å². The Morgan fingerprint density at radius 2 is 1.84 bits per heavy atom. The molecule has 0 unspecified atom stereocenters. The number of nitrogens with zero attached hydrogens (tertiary/aromatic N) is 1. The first-order valence-electron chi connectivity index (χ1n) is 5.96. The summed E-state index contributed by atoms with van der Waals surface area (Å²) in [4.78, 5) is 4.39. The molecular weight excluding hydrogens is 281 g/mol. The van der Waals surface area contributed by atoms with Crippen molar-refractivity contribution in [2.75, 3.05) is 5.32 Å². The van der Waals surface area contributed by atoms with Crippen LogP contribution in [0.1, 0.15) is 17.9 Å².